The summed E-state index contributed by atoms with van der Waals surface area (Å²) in [6.45, 7) is 6.09. The Morgan fingerprint density at radius 3 is 2.68 bits per heavy atom. The molecule has 0 radical (unpaired) electrons. The molecule has 0 atom stereocenters. The molecule has 0 spiro atoms. The molecule has 0 aliphatic carbocycles. The quantitative estimate of drug-likeness (QED) is 0.508. The molecule has 0 amide bonds. The standard InChI is InChI=1S/C23H31N5O2S/c1-17-9-13-27(14-10-17)22-25-26-23(31-22)28-12-4-5-19(28)16-24-11-8-18-6-7-20(29-2)15-21(18)30-3/h4-7,12,15,17,24H,8-11,13-14,16H2,1-3H3. The van der Waals surface area contributed by atoms with E-state index in [2.05, 4.69) is 56.3 Å². The second-order valence-electron chi connectivity index (χ2n) is 8.01. The van der Waals surface area contributed by atoms with E-state index in [1.165, 1.54) is 18.5 Å². The summed E-state index contributed by atoms with van der Waals surface area (Å²) in [5.74, 6) is 2.48. The highest BCUT2D eigenvalue weighted by atomic mass is 32.1. The van der Waals surface area contributed by atoms with Crippen molar-refractivity contribution >= 4 is 16.5 Å². The number of methoxy groups -OCH3 is 2. The van der Waals surface area contributed by atoms with Gasteiger partial charge in [-0.1, -0.05) is 24.3 Å². The van der Waals surface area contributed by atoms with Crippen LogP contribution in [-0.2, 0) is 13.0 Å². The Morgan fingerprint density at radius 1 is 1.10 bits per heavy atom. The van der Waals surface area contributed by atoms with E-state index in [0.29, 0.717) is 0 Å². The Hall–Kier alpha value is -2.58. The van der Waals surface area contributed by atoms with Crippen LogP contribution in [0.2, 0.25) is 0 Å². The Morgan fingerprint density at radius 2 is 1.90 bits per heavy atom. The van der Waals surface area contributed by atoms with Gasteiger partial charge in [0.2, 0.25) is 10.3 Å². The number of rotatable bonds is 9. The molecule has 1 aliphatic heterocycles. The molecule has 2 aromatic heterocycles. The maximum Gasteiger partial charge on any atom is 0.218 e. The first-order chi connectivity index (χ1) is 15.2. The summed E-state index contributed by atoms with van der Waals surface area (Å²) in [5, 5.41) is 14.4. The highest BCUT2D eigenvalue weighted by Crippen LogP contribution is 2.28. The molecule has 1 saturated heterocycles. The van der Waals surface area contributed by atoms with E-state index in [-0.39, 0.29) is 0 Å². The molecule has 31 heavy (non-hydrogen) atoms. The summed E-state index contributed by atoms with van der Waals surface area (Å²) >= 11 is 1.67. The van der Waals surface area contributed by atoms with Crippen molar-refractivity contribution in [2.75, 3.05) is 38.8 Å². The zero-order valence-electron chi connectivity index (χ0n) is 18.5. The van der Waals surface area contributed by atoms with Crippen molar-refractivity contribution in [2.45, 2.75) is 32.7 Å². The van der Waals surface area contributed by atoms with Crippen molar-refractivity contribution in [1.29, 1.82) is 0 Å². The molecule has 0 bridgehead atoms. The lowest BCUT2D eigenvalue weighted by Crippen LogP contribution is -2.32. The summed E-state index contributed by atoms with van der Waals surface area (Å²) in [5.41, 5.74) is 2.34. The number of nitrogens with one attached hydrogen (secondary N) is 1. The second kappa shape index (κ2) is 10.2. The van der Waals surface area contributed by atoms with Crippen LogP contribution in [-0.4, -0.2) is 48.6 Å². The molecule has 1 aromatic carbocycles. The van der Waals surface area contributed by atoms with Crippen LogP contribution in [0, 0.1) is 5.92 Å². The molecule has 8 heteroatoms. The number of piperidine rings is 1. The fraction of sp³-hybridized carbons (Fsp3) is 0.478. The summed E-state index contributed by atoms with van der Waals surface area (Å²) in [7, 11) is 3.36. The van der Waals surface area contributed by atoms with Crippen LogP contribution in [0.3, 0.4) is 0 Å². The lowest BCUT2D eigenvalue weighted by Gasteiger charge is -2.29. The average Bonchev–Trinajstić information content (AvgIpc) is 3.46. The molecule has 3 heterocycles. The molecule has 166 valence electrons. The van der Waals surface area contributed by atoms with E-state index < -0.39 is 0 Å². The van der Waals surface area contributed by atoms with Gasteiger partial charge in [0.25, 0.3) is 0 Å². The van der Waals surface area contributed by atoms with Gasteiger partial charge in [-0.15, -0.1) is 10.2 Å². The predicted molar refractivity (Wildman–Crippen MR) is 125 cm³/mol. The van der Waals surface area contributed by atoms with Crippen LogP contribution in [0.15, 0.2) is 36.5 Å². The summed E-state index contributed by atoms with van der Waals surface area (Å²) in [4.78, 5) is 2.37. The van der Waals surface area contributed by atoms with Crippen molar-refractivity contribution in [1.82, 2.24) is 20.1 Å². The summed E-state index contributed by atoms with van der Waals surface area (Å²) in [6.07, 6.45) is 5.40. The van der Waals surface area contributed by atoms with Crippen LogP contribution in [0.4, 0.5) is 5.13 Å². The maximum absolute atomic E-state index is 5.50. The minimum Gasteiger partial charge on any atom is -0.497 e. The Bertz CT molecular complexity index is 978. The highest BCUT2D eigenvalue weighted by molar-refractivity contribution is 7.17. The molecular weight excluding hydrogens is 410 g/mol. The molecule has 1 aliphatic rings. The minimum absolute atomic E-state index is 0.765. The zero-order chi connectivity index (χ0) is 21.6. The van der Waals surface area contributed by atoms with Gasteiger partial charge < -0.3 is 19.7 Å². The Labute approximate surface area is 188 Å². The molecule has 4 rings (SSSR count). The molecular formula is C23H31N5O2S. The number of ether oxygens (including phenoxy) is 2. The number of anilines is 1. The van der Waals surface area contributed by atoms with Gasteiger partial charge >= 0.3 is 0 Å². The average molecular weight is 442 g/mol. The lowest BCUT2D eigenvalue weighted by molar-refractivity contribution is 0.390. The molecule has 3 aromatic rings. The van der Waals surface area contributed by atoms with Gasteiger partial charge in [0.1, 0.15) is 11.5 Å². The SMILES string of the molecule is COc1ccc(CCNCc2cccn2-c2nnc(N3CCC(C)CC3)s2)c(OC)c1. The highest BCUT2D eigenvalue weighted by Gasteiger charge is 2.20. The molecule has 1 N–H and O–H groups in total. The van der Waals surface area contributed by atoms with E-state index in [1.54, 1.807) is 25.6 Å². The molecule has 1 fully saturated rings. The number of hydrogen-bond acceptors (Lipinski definition) is 7. The van der Waals surface area contributed by atoms with Crippen molar-refractivity contribution in [2.24, 2.45) is 5.92 Å². The van der Waals surface area contributed by atoms with E-state index in [4.69, 9.17) is 9.47 Å². The smallest absolute Gasteiger partial charge is 0.218 e. The third-order valence-corrected chi connectivity index (χ3v) is 6.85. The largest absolute Gasteiger partial charge is 0.497 e. The number of benzene rings is 1. The van der Waals surface area contributed by atoms with E-state index >= 15 is 0 Å². The third kappa shape index (κ3) is 5.19. The fourth-order valence-corrected chi connectivity index (χ4v) is 4.79. The summed E-state index contributed by atoms with van der Waals surface area (Å²) < 4.78 is 12.9. The topological polar surface area (TPSA) is 64.4 Å². The van der Waals surface area contributed by atoms with E-state index in [9.17, 15) is 0 Å². The molecule has 7 nitrogen and oxygen atoms in total. The van der Waals surface area contributed by atoms with E-state index in [1.807, 2.05) is 12.1 Å². The van der Waals surface area contributed by atoms with Crippen molar-refractivity contribution in [3.63, 3.8) is 0 Å². The van der Waals surface area contributed by atoms with Gasteiger partial charge in [0.15, 0.2) is 0 Å². The van der Waals surface area contributed by atoms with Crippen LogP contribution in [0.5, 0.6) is 11.5 Å². The van der Waals surface area contributed by atoms with Crippen LogP contribution in [0.25, 0.3) is 5.13 Å². The van der Waals surface area contributed by atoms with Gasteiger partial charge in [-0.3, -0.25) is 4.57 Å². The third-order valence-electron chi connectivity index (χ3n) is 5.87. The number of nitrogens with zero attached hydrogens (tertiary/aromatic N) is 4. The van der Waals surface area contributed by atoms with E-state index in [0.717, 1.165) is 65.8 Å². The van der Waals surface area contributed by atoms with Crippen molar-refractivity contribution in [3.8, 4) is 16.6 Å². The normalized spacial score (nSPS) is 14.7. The first-order valence-corrected chi connectivity index (χ1v) is 11.7. The Kier molecular flexibility index (Phi) is 7.09. The van der Waals surface area contributed by atoms with Gasteiger partial charge in [-0.25, -0.2) is 0 Å². The monoisotopic (exact) mass is 441 g/mol. The predicted octanol–water partition coefficient (Wildman–Crippen LogP) is 3.91. The van der Waals surface area contributed by atoms with Gasteiger partial charge in [0.05, 0.1) is 14.2 Å². The summed E-state index contributed by atoms with van der Waals surface area (Å²) in [6, 6.07) is 10.2. The molecule has 0 saturated carbocycles. The Balaban J connectivity index is 1.33. The van der Waals surface area contributed by atoms with Crippen LogP contribution < -0.4 is 19.7 Å². The van der Waals surface area contributed by atoms with Gasteiger partial charge in [-0.05, 0) is 55.5 Å². The van der Waals surface area contributed by atoms with Gasteiger partial charge in [-0.2, -0.15) is 0 Å². The molecule has 0 unspecified atom stereocenters. The maximum atomic E-state index is 5.50. The first kappa shape index (κ1) is 21.6. The van der Waals surface area contributed by atoms with Crippen molar-refractivity contribution < 1.29 is 9.47 Å². The fourth-order valence-electron chi connectivity index (χ4n) is 3.88. The van der Waals surface area contributed by atoms with Crippen molar-refractivity contribution in [3.05, 3.63) is 47.8 Å². The van der Waals surface area contributed by atoms with Crippen LogP contribution >= 0.6 is 11.3 Å². The lowest BCUT2D eigenvalue weighted by atomic mass is 10.00. The first-order valence-electron chi connectivity index (χ1n) is 10.8. The van der Waals surface area contributed by atoms with Crippen LogP contribution in [0.1, 0.15) is 31.0 Å². The second-order valence-corrected chi connectivity index (χ2v) is 8.95. The number of hydrogen-bond donors (Lipinski definition) is 1. The minimum atomic E-state index is 0.765. The van der Waals surface area contributed by atoms with Gasteiger partial charge in [0, 0.05) is 37.6 Å². The zero-order valence-corrected chi connectivity index (χ0v) is 19.3. The number of aromatic nitrogens is 3.